The molecule has 0 aliphatic carbocycles. The Labute approximate surface area is 230 Å². The third-order valence-electron chi connectivity index (χ3n) is 6.14. The number of halogens is 1. The van der Waals surface area contributed by atoms with Gasteiger partial charge in [0.15, 0.2) is 0 Å². The van der Waals surface area contributed by atoms with Gasteiger partial charge in [0.2, 0.25) is 5.91 Å². The van der Waals surface area contributed by atoms with Crippen LogP contribution in [0.1, 0.15) is 24.0 Å². The lowest BCUT2D eigenvalue weighted by Crippen LogP contribution is -2.32. The number of methoxy groups -OCH3 is 1. The highest BCUT2D eigenvalue weighted by molar-refractivity contribution is 8.03. The molecule has 7 nitrogen and oxygen atoms in total. The second-order valence-corrected chi connectivity index (χ2v) is 9.66. The Morgan fingerprint density at radius 1 is 1.05 bits per heavy atom. The largest absolute Gasteiger partial charge is 0.495 e. The number of rotatable bonds is 9. The summed E-state index contributed by atoms with van der Waals surface area (Å²) in [6, 6.07) is 24.7. The van der Waals surface area contributed by atoms with Gasteiger partial charge in [0.25, 0.3) is 5.91 Å². The molecule has 1 aliphatic rings. The first kappa shape index (κ1) is 27.5. The van der Waals surface area contributed by atoms with E-state index in [1.165, 1.54) is 13.2 Å². The van der Waals surface area contributed by atoms with Crippen LogP contribution in [0, 0.1) is 17.1 Å². The van der Waals surface area contributed by atoms with Crippen LogP contribution >= 0.6 is 11.8 Å². The zero-order valence-electron chi connectivity index (χ0n) is 21.5. The number of nitriles is 1. The van der Waals surface area contributed by atoms with E-state index >= 15 is 4.39 Å². The summed E-state index contributed by atoms with van der Waals surface area (Å²) >= 11 is 1.13. The van der Waals surface area contributed by atoms with E-state index in [2.05, 4.69) is 22.0 Å². The number of thioether (sulfide) groups is 1. The highest BCUT2D eigenvalue weighted by atomic mass is 32.2. The number of hydrogen-bond acceptors (Lipinski definition) is 6. The Morgan fingerprint density at radius 2 is 1.74 bits per heavy atom. The molecule has 1 atom stereocenters. The molecule has 0 bridgehead atoms. The van der Waals surface area contributed by atoms with Crippen molar-refractivity contribution in [2.75, 3.05) is 18.2 Å². The topological polar surface area (TPSA) is 103 Å². The fourth-order valence-electron chi connectivity index (χ4n) is 4.27. The highest BCUT2D eigenvalue weighted by Gasteiger charge is 2.36. The molecular weight excluding hydrogens is 515 g/mol. The molecule has 0 radical (unpaired) electrons. The van der Waals surface area contributed by atoms with Gasteiger partial charge in [-0.1, -0.05) is 72.4 Å². The first-order chi connectivity index (χ1) is 18.9. The van der Waals surface area contributed by atoms with Crippen LogP contribution in [0.25, 0.3) is 0 Å². The lowest BCUT2D eigenvalue weighted by atomic mass is 9.82. The summed E-state index contributed by atoms with van der Waals surface area (Å²) in [6.45, 7) is 2.07. The van der Waals surface area contributed by atoms with Crippen molar-refractivity contribution in [2.24, 2.45) is 0 Å². The lowest BCUT2D eigenvalue weighted by Gasteiger charge is -2.30. The third-order valence-corrected chi connectivity index (χ3v) is 7.16. The van der Waals surface area contributed by atoms with E-state index in [0.717, 1.165) is 17.3 Å². The SMILES string of the molecule is COc1ccccc1NC(=O)C1=C(C)NC(SCC(=O)NCc2ccccc2)=C(C#N)C1c1ccccc1F. The van der Waals surface area contributed by atoms with Gasteiger partial charge in [-0.3, -0.25) is 9.59 Å². The molecule has 1 aliphatic heterocycles. The van der Waals surface area contributed by atoms with Crippen LogP contribution in [0.2, 0.25) is 0 Å². The van der Waals surface area contributed by atoms with Gasteiger partial charge < -0.3 is 20.7 Å². The molecule has 0 saturated heterocycles. The van der Waals surface area contributed by atoms with Crippen molar-refractivity contribution in [3.05, 3.63) is 118 Å². The highest BCUT2D eigenvalue weighted by Crippen LogP contribution is 2.42. The zero-order chi connectivity index (χ0) is 27.8. The van der Waals surface area contributed by atoms with Crippen molar-refractivity contribution in [3.63, 3.8) is 0 Å². The number of para-hydroxylation sites is 2. The molecule has 39 heavy (non-hydrogen) atoms. The standard InChI is InChI=1S/C30H27FN4O3S/c1-19-27(29(37)35-24-14-8-9-15-25(24)38-2)28(21-12-6-7-13-23(21)31)22(16-32)30(34-19)39-18-26(36)33-17-20-10-4-3-5-11-20/h3-15,28,34H,17-18H2,1-2H3,(H,33,36)(H,35,37). The summed E-state index contributed by atoms with van der Waals surface area (Å²) in [5.41, 5.74) is 2.38. The van der Waals surface area contributed by atoms with E-state index in [0.29, 0.717) is 28.7 Å². The van der Waals surface area contributed by atoms with Crippen LogP contribution in [-0.2, 0) is 16.1 Å². The van der Waals surface area contributed by atoms with E-state index in [9.17, 15) is 14.9 Å². The van der Waals surface area contributed by atoms with Crippen molar-refractivity contribution in [3.8, 4) is 11.8 Å². The minimum atomic E-state index is -0.984. The summed E-state index contributed by atoms with van der Waals surface area (Å²) < 4.78 is 20.4. The number of benzene rings is 3. The Morgan fingerprint density at radius 3 is 2.46 bits per heavy atom. The maximum Gasteiger partial charge on any atom is 0.254 e. The number of hydrogen-bond donors (Lipinski definition) is 3. The van der Waals surface area contributed by atoms with Gasteiger partial charge in [-0.05, 0) is 30.7 Å². The van der Waals surface area contributed by atoms with Gasteiger partial charge in [0, 0.05) is 23.4 Å². The smallest absolute Gasteiger partial charge is 0.254 e. The monoisotopic (exact) mass is 542 g/mol. The Hall–Kier alpha value is -4.55. The molecule has 3 aromatic rings. The predicted molar refractivity (Wildman–Crippen MR) is 150 cm³/mol. The molecular formula is C30H27FN4O3S. The number of amides is 2. The van der Waals surface area contributed by atoms with Crippen molar-refractivity contribution in [2.45, 2.75) is 19.4 Å². The summed E-state index contributed by atoms with van der Waals surface area (Å²) in [4.78, 5) is 26.2. The first-order valence-electron chi connectivity index (χ1n) is 12.2. The number of anilines is 1. The number of nitrogens with zero attached hydrogens (tertiary/aromatic N) is 1. The number of nitrogens with one attached hydrogen (secondary N) is 3. The normalized spacial score (nSPS) is 14.8. The van der Waals surface area contributed by atoms with Crippen molar-refractivity contribution in [1.29, 1.82) is 5.26 Å². The predicted octanol–water partition coefficient (Wildman–Crippen LogP) is 5.22. The number of carbonyl (C=O) groups is 2. The van der Waals surface area contributed by atoms with Crippen LogP contribution in [0.3, 0.4) is 0 Å². The second kappa shape index (κ2) is 12.8. The molecule has 1 unspecified atom stereocenters. The van der Waals surface area contributed by atoms with Gasteiger partial charge in [-0.2, -0.15) is 5.26 Å². The summed E-state index contributed by atoms with van der Waals surface area (Å²) in [5, 5.41) is 19.4. The fourth-order valence-corrected chi connectivity index (χ4v) is 5.19. The van der Waals surface area contributed by atoms with Crippen LogP contribution in [0.15, 0.2) is 101 Å². The van der Waals surface area contributed by atoms with Crippen LogP contribution < -0.4 is 20.7 Å². The van der Waals surface area contributed by atoms with E-state index in [-0.39, 0.29) is 28.4 Å². The van der Waals surface area contributed by atoms with Crippen LogP contribution in [-0.4, -0.2) is 24.7 Å². The molecule has 0 spiro atoms. The van der Waals surface area contributed by atoms with Crippen LogP contribution in [0.5, 0.6) is 5.75 Å². The van der Waals surface area contributed by atoms with Gasteiger partial charge in [-0.25, -0.2) is 4.39 Å². The van der Waals surface area contributed by atoms with E-state index in [1.54, 1.807) is 49.4 Å². The van der Waals surface area contributed by atoms with E-state index in [4.69, 9.17) is 4.74 Å². The van der Waals surface area contributed by atoms with Crippen LogP contribution in [0.4, 0.5) is 10.1 Å². The second-order valence-electron chi connectivity index (χ2n) is 8.68. The molecule has 1 heterocycles. The molecule has 0 aromatic heterocycles. The van der Waals surface area contributed by atoms with Crippen molar-refractivity contribution < 1.29 is 18.7 Å². The van der Waals surface area contributed by atoms with Crippen molar-refractivity contribution >= 4 is 29.3 Å². The van der Waals surface area contributed by atoms with Gasteiger partial charge in [0.05, 0.1) is 41.1 Å². The Kier molecular flexibility index (Phi) is 9.02. The summed E-state index contributed by atoms with van der Waals surface area (Å²) in [6.07, 6.45) is 0. The lowest BCUT2D eigenvalue weighted by molar-refractivity contribution is -0.118. The number of carbonyl (C=O) groups excluding carboxylic acids is 2. The maximum absolute atomic E-state index is 15.1. The zero-order valence-corrected chi connectivity index (χ0v) is 22.3. The third kappa shape index (κ3) is 6.48. The van der Waals surface area contributed by atoms with Crippen molar-refractivity contribution in [1.82, 2.24) is 10.6 Å². The average Bonchev–Trinajstić information content (AvgIpc) is 2.95. The average molecular weight is 543 g/mol. The molecule has 198 valence electrons. The molecule has 0 fully saturated rings. The minimum absolute atomic E-state index is 0.0281. The Balaban J connectivity index is 1.62. The molecule has 0 saturated carbocycles. The quantitative estimate of drug-likeness (QED) is 0.343. The van der Waals surface area contributed by atoms with E-state index in [1.807, 2.05) is 30.3 Å². The molecule has 2 amide bonds. The van der Waals surface area contributed by atoms with Gasteiger partial charge in [-0.15, -0.1) is 0 Å². The maximum atomic E-state index is 15.1. The first-order valence-corrected chi connectivity index (χ1v) is 13.2. The number of ether oxygens (including phenoxy) is 1. The van der Waals surface area contributed by atoms with Gasteiger partial charge in [0.1, 0.15) is 11.6 Å². The number of allylic oxidation sites excluding steroid dienone is 2. The van der Waals surface area contributed by atoms with Gasteiger partial charge >= 0.3 is 0 Å². The Bertz CT molecular complexity index is 1480. The summed E-state index contributed by atoms with van der Waals surface area (Å²) in [5.74, 6) is -1.77. The molecule has 9 heteroatoms. The molecule has 3 aromatic carbocycles. The van der Waals surface area contributed by atoms with E-state index < -0.39 is 17.6 Å². The number of dihydropyridines is 1. The summed E-state index contributed by atoms with van der Waals surface area (Å²) in [7, 11) is 1.50. The molecule has 3 N–H and O–H groups in total. The fraction of sp³-hybridized carbons (Fsp3) is 0.167. The minimum Gasteiger partial charge on any atom is -0.495 e. The molecule has 4 rings (SSSR count).